The molecule has 42 heavy (non-hydrogen) atoms. The summed E-state index contributed by atoms with van der Waals surface area (Å²) in [6, 6.07) is 9.52. The Morgan fingerprint density at radius 2 is 2.02 bits per heavy atom. The molecular formula is C32H32F3N5O2. The summed E-state index contributed by atoms with van der Waals surface area (Å²) < 4.78 is 42.3. The van der Waals surface area contributed by atoms with Gasteiger partial charge in [0.25, 0.3) is 17.7 Å². The summed E-state index contributed by atoms with van der Waals surface area (Å²) in [5, 5.41) is 12.3. The predicted octanol–water partition coefficient (Wildman–Crippen LogP) is 5.43. The van der Waals surface area contributed by atoms with Gasteiger partial charge >= 0.3 is 0 Å². The Balaban J connectivity index is 1.47. The van der Waals surface area contributed by atoms with Gasteiger partial charge in [0.2, 0.25) is 0 Å². The van der Waals surface area contributed by atoms with E-state index in [9.17, 15) is 28.0 Å². The molecule has 0 spiro atoms. The number of aromatic nitrogens is 1. The molecule has 1 aromatic carbocycles. The summed E-state index contributed by atoms with van der Waals surface area (Å²) in [7, 11) is 0. The van der Waals surface area contributed by atoms with Crippen LogP contribution in [0.2, 0.25) is 0 Å². The van der Waals surface area contributed by atoms with Crippen LogP contribution >= 0.6 is 0 Å². The number of pyridine rings is 1. The molecule has 1 N–H and O–H groups in total. The zero-order valence-corrected chi connectivity index (χ0v) is 23.3. The van der Waals surface area contributed by atoms with Crippen molar-refractivity contribution in [3.63, 3.8) is 0 Å². The number of rotatable bonds is 6. The van der Waals surface area contributed by atoms with Crippen molar-refractivity contribution in [2.45, 2.75) is 75.4 Å². The lowest BCUT2D eigenvalue weighted by Gasteiger charge is -2.46. The van der Waals surface area contributed by atoms with E-state index in [1.165, 1.54) is 29.3 Å². The minimum Gasteiger partial charge on any atom is -0.351 e. The van der Waals surface area contributed by atoms with Gasteiger partial charge in [-0.25, -0.2) is 18.2 Å². The van der Waals surface area contributed by atoms with E-state index in [1.54, 1.807) is 18.2 Å². The first-order valence-electron chi connectivity index (χ1n) is 14.4. The van der Waals surface area contributed by atoms with Crippen molar-refractivity contribution in [3.05, 3.63) is 77.3 Å². The van der Waals surface area contributed by atoms with Gasteiger partial charge in [-0.1, -0.05) is 25.1 Å². The van der Waals surface area contributed by atoms with Gasteiger partial charge in [0, 0.05) is 37.3 Å². The quantitative estimate of drug-likeness (QED) is 0.496. The highest BCUT2D eigenvalue weighted by molar-refractivity contribution is 6.09. The van der Waals surface area contributed by atoms with E-state index < -0.39 is 54.0 Å². The Morgan fingerprint density at radius 1 is 1.21 bits per heavy atom. The molecule has 0 bridgehead atoms. The monoisotopic (exact) mass is 575 g/mol. The third-order valence-electron chi connectivity index (χ3n) is 8.97. The summed E-state index contributed by atoms with van der Waals surface area (Å²) in [6.45, 7) is 2.54. The number of nitrogens with zero attached hydrogens (tertiary/aromatic N) is 4. The lowest BCUT2D eigenvalue weighted by molar-refractivity contribution is -0.135. The van der Waals surface area contributed by atoms with Gasteiger partial charge in [0.15, 0.2) is 0 Å². The van der Waals surface area contributed by atoms with Crippen LogP contribution in [0.5, 0.6) is 0 Å². The van der Waals surface area contributed by atoms with Crippen LogP contribution in [0.25, 0.3) is 0 Å². The van der Waals surface area contributed by atoms with Gasteiger partial charge in [0.05, 0.1) is 11.6 Å². The fourth-order valence-corrected chi connectivity index (χ4v) is 6.95. The summed E-state index contributed by atoms with van der Waals surface area (Å²) in [5.41, 5.74) is 0.841. The van der Waals surface area contributed by atoms with Crippen LogP contribution < -0.4 is 15.1 Å². The molecule has 1 aliphatic heterocycles. The number of allylic oxidation sites excluding steroid dienone is 3. The van der Waals surface area contributed by atoms with Gasteiger partial charge < -0.3 is 10.2 Å². The molecule has 2 heterocycles. The number of anilines is 2. The number of benzene rings is 1. The zero-order valence-electron chi connectivity index (χ0n) is 23.3. The minimum atomic E-state index is -2.83. The Bertz CT molecular complexity index is 1520. The van der Waals surface area contributed by atoms with Crippen molar-refractivity contribution < 1.29 is 22.8 Å². The maximum atomic E-state index is 14.8. The van der Waals surface area contributed by atoms with Gasteiger partial charge in [-0.05, 0) is 79.5 Å². The van der Waals surface area contributed by atoms with Crippen molar-refractivity contribution >= 4 is 23.3 Å². The number of nitrogens with one attached hydrogen (secondary N) is 1. The number of hydrogen-bond acceptors (Lipinski definition) is 5. The Kier molecular flexibility index (Phi) is 7.08. The molecule has 2 amide bonds. The van der Waals surface area contributed by atoms with E-state index >= 15 is 0 Å². The van der Waals surface area contributed by atoms with Crippen molar-refractivity contribution in [1.29, 1.82) is 5.26 Å². The van der Waals surface area contributed by atoms with Crippen LogP contribution in [0.1, 0.15) is 57.4 Å². The average Bonchev–Trinajstić information content (AvgIpc) is 3.58. The maximum absolute atomic E-state index is 14.8. The number of carbonyl (C=O) groups excluding carboxylic acids is 2. The number of alkyl halides is 2. The Morgan fingerprint density at radius 3 is 2.76 bits per heavy atom. The smallest absolute Gasteiger partial charge is 0.252 e. The second-order valence-corrected chi connectivity index (χ2v) is 11.9. The summed E-state index contributed by atoms with van der Waals surface area (Å²) in [6.07, 6.45) is 7.10. The number of nitriles is 1. The first-order valence-corrected chi connectivity index (χ1v) is 14.4. The predicted molar refractivity (Wildman–Crippen MR) is 151 cm³/mol. The molecule has 0 radical (unpaired) electrons. The van der Waals surface area contributed by atoms with Gasteiger partial charge in [-0.15, -0.1) is 0 Å². The number of hydrogen-bond donors (Lipinski definition) is 1. The van der Waals surface area contributed by atoms with Crippen LogP contribution in [0.3, 0.4) is 0 Å². The van der Waals surface area contributed by atoms with E-state index in [0.29, 0.717) is 43.6 Å². The number of halogens is 3. The molecule has 4 aliphatic rings. The normalized spacial score (nSPS) is 26.4. The fraction of sp³-hybridized carbons (Fsp3) is 0.438. The van der Waals surface area contributed by atoms with Crippen molar-refractivity contribution in [2.75, 3.05) is 16.3 Å². The Hall–Kier alpha value is -4.13. The molecule has 7 nitrogen and oxygen atoms in total. The molecule has 2 aromatic rings. The van der Waals surface area contributed by atoms with Crippen molar-refractivity contribution in [2.24, 2.45) is 5.92 Å². The van der Waals surface area contributed by atoms with Crippen LogP contribution in [0, 0.1) is 23.1 Å². The summed E-state index contributed by atoms with van der Waals surface area (Å²) in [5.74, 6) is -3.74. The van der Waals surface area contributed by atoms with Crippen LogP contribution in [0.15, 0.2) is 65.9 Å². The average molecular weight is 576 g/mol. The number of amides is 2. The number of carbonyl (C=O) groups is 2. The molecular weight excluding hydrogens is 543 g/mol. The van der Waals surface area contributed by atoms with Crippen molar-refractivity contribution in [1.82, 2.24) is 10.3 Å². The second kappa shape index (κ2) is 10.6. The second-order valence-electron chi connectivity index (χ2n) is 11.9. The van der Waals surface area contributed by atoms with E-state index in [2.05, 4.69) is 22.4 Å². The van der Waals surface area contributed by atoms with Gasteiger partial charge in [-0.3, -0.25) is 14.5 Å². The topological polar surface area (TPSA) is 89.3 Å². The molecule has 2 fully saturated rings. The maximum Gasteiger partial charge on any atom is 0.252 e. The highest BCUT2D eigenvalue weighted by atomic mass is 19.3. The first kappa shape index (κ1) is 28.0. The van der Waals surface area contributed by atoms with Crippen LogP contribution in [0.4, 0.5) is 24.7 Å². The standard InChI is InChI=1S/C32H32F3N5O2/c1-20-7-8-22-9-11-32(26(22)14-20,30(42)38-24-17-31(34,35)18-24)40(25-5-2-4-23(33)16-25)29(41)27-6-3-13-39(27)28-15-21(19-36)10-12-37-28/h2,4-5,7-8,10,12,15-16,20,24,27H,3,6,9,11,13-14,17-18H2,1H3,(H,38,42)/t20?,27-,32+/m0/s1. The molecule has 1 saturated carbocycles. The Labute approximate surface area is 242 Å². The molecule has 1 saturated heterocycles. The fourth-order valence-electron chi connectivity index (χ4n) is 6.95. The SMILES string of the molecule is CC1C=CC2=C(C1)[C@](C(=O)NC1CC(F)(F)C1)(N(C(=O)[C@@H]1CCCN1c1cc(C#N)ccn1)c1cccc(F)c1)CC2. The van der Waals surface area contributed by atoms with Crippen LogP contribution in [-0.4, -0.2) is 46.9 Å². The zero-order chi connectivity index (χ0) is 29.6. The largest absolute Gasteiger partial charge is 0.351 e. The minimum absolute atomic E-state index is 0.0902. The highest BCUT2D eigenvalue weighted by Gasteiger charge is 2.57. The summed E-state index contributed by atoms with van der Waals surface area (Å²) in [4.78, 5) is 37.0. The van der Waals surface area contributed by atoms with Crippen LogP contribution in [-0.2, 0) is 9.59 Å². The summed E-state index contributed by atoms with van der Waals surface area (Å²) >= 11 is 0. The molecule has 3 atom stereocenters. The molecule has 1 aromatic heterocycles. The lowest BCUT2D eigenvalue weighted by atomic mass is 9.78. The third kappa shape index (κ3) is 4.85. The van der Waals surface area contributed by atoms with Crippen molar-refractivity contribution in [3.8, 4) is 6.07 Å². The molecule has 10 heteroatoms. The highest BCUT2D eigenvalue weighted by Crippen LogP contribution is 2.49. The molecule has 6 rings (SSSR count). The first-order chi connectivity index (χ1) is 20.1. The molecule has 3 aliphatic carbocycles. The molecule has 218 valence electrons. The lowest BCUT2D eigenvalue weighted by Crippen LogP contribution is -2.66. The van der Waals surface area contributed by atoms with Gasteiger partial charge in [-0.2, -0.15) is 5.26 Å². The molecule has 1 unspecified atom stereocenters. The van der Waals surface area contributed by atoms with E-state index in [0.717, 1.165) is 11.1 Å². The van der Waals surface area contributed by atoms with Gasteiger partial charge in [0.1, 0.15) is 23.2 Å². The third-order valence-corrected chi connectivity index (χ3v) is 8.97. The van der Waals surface area contributed by atoms with E-state index in [-0.39, 0.29) is 18.0 Å². The van der Waals surface area contributed by atoms with E-state index in [1.807, 2.05) is 17.9 Å². The van der Waals surface area contributed by atoms with E-state index in [4.69, 9.17) is 0 Å².